The SMILES string of the molecule is COc1cc(C)c(/C(O)=C2\C(=O)C(=O)N(Cc3cccnc3)C2c2sccc2C)cc1C(C)C. The van der Waals surface area contributed by atoms with Crippen LogP contribution in [0, 0.1) is 13.8 Å². The van der Waals surface area contributed by atoms with Gasteiger partial charge in [0.05, 0.1) is 12.7 Å². The van der Waals surface area contributed by atoms with Crippen LogP contribution in [0.1, 0.15) is 58.5 Å². The summed E-state index contributed by atoms with van der Waals surface area (Å²) in [5.74, 6) is -0.594. The number of rotatable bonds is 6. The van der Waals surface area contributed by atoms with Crippen molar-refractivity contribution in [3.05, 3.63) is 86.4 Å². The van der Waals surface area contributed by atoms with Crippen molar-refractivity contribution in [2.45, 2.75) is 46.2 Å². The van der Waals surface area contributed by atoms with Gasteiger partial charge in [-0.15, -0.1) is 11.3 Å². The first-order valence-electron chi connectivity index (χ1n) is 11.1. The molecule has 1 N–H and O–H groups in total. The van der Waals surface area contributed by atoms with Crippen LogP contribution in [0.3, 0.4) is 0 Å². The summed E-state index contributed by atoms with van der Waals surface area (Å²) in [4.78, 5) is 33.1. The third kappa shape index (κ3) is 4.12. The number of hydrogen-bond donors (Lipinski definition) is 1. The number of pyridine rings is 1. The van der Waals surface area contributed by atoms with Crippen molar-refractivity contribution in [2.24, 2.45) is 0 Å². The number of nitrogens with zero attached hydrogens (tertiary/aromatic N) is 2. The molecule has 7 heteroatoms. The lowest BCUT2D eigenvalue weighted by molar-refractivity contribution is -0.140. The van der Waals surface area contributed by atoms with Crippen LogP contribution in [0.4, 0.5) is 0 Å². The first-order valence-corrected chi connectivity index (χ1v) is 12.0. The summed E-state index contributed by atoms with van der Waals surface area (Å²) in [5.41, 5.74) is 4.10. The smallest absolute Gasteiger partial charge is 0.295 e. The van der Waals surface area contributed by atoms with E-state index in [1.54, 1.807) is 25.6 Å². The maximum Gasteiger partial charge on any atom is 0.295 e. The van der Waals surface area contributed by atoms with E-state index in [-0.39, 0.29) is 23.8 Å². The number of aliphatic hydroxyl groups is 1. The molecule has 6 nitrogen and oxygen atoms in total. The molecule has 1 fully saturated rings. The van der Waals surface area contributed by atoms with E-state index in [9.17, 15) is 14.7 Å². The maximum atomic E-state index is 13.3. The molecule has 1 saturated heterocycles. The number of hydrogen-bond acceptors (Lipinski definition) is 6. The highest BCUT2D eigenvalue weighted by molar-refractivity contribution is 7.10. The Hall–Kier alpha value is -3.45. The van der Waals surface area contributed by atoms with Gasteiger partial charge >= 0.3 is 0 Å². The third-order valence-corrected chi connectivity index (χ3v) is 7.29. The second-order valence-corrected chi connectivity index (χ2v) is 9.77. The van der Waals surface area contributed by atoms with Gasteiger partial charge in [0.25, 0.3) is 11.7 Å². The Morgan fingerprint density at radius 1 is 1.21 bits per heavy atom. The first kappa shape index (κ1) is 23.7. The van der Waals surface area contributed by atoms with Gasteiger partial charge in [0.2, 0.25) is 0 Å². The molecule has 1 aliphatic rings. The average Bonchev–Trinajstić information content (AvgIpc) is 3.34. The Morgan fingerprint density at radius 2 is 1.97 bits per heavy atom. The second-order valence-electron chi connectivity index (χ2n) is 8.82. The molecule has 3 heterocycles. The lowest BCUT2D eigenvalue weighted by Gasteiger charge is -2.25. The van der Waals surface area contributed by atoms with Crippen LogP contribution in [0.15, 0.2) is 53.7 Å². The molecule has 34 heavy (non-hydrogen) atoms. The molecule has 1 atom stereocenters. The number of thiophene rings is 1. The van der Waals surface area contributed by atoms with E-state index in [4.69, 9.17) is 4.74 Å². The first-order chi connectivity index (χ1) is 16.2. The van der Waals surface area contributed by atoms with Crippen LogP contribution in [0.5, 0.6) is 5.75 Å². The van der Waals surface area contributed by atoms with E-state index in [2.05, 4.69) is 4.98 Å². The number of benzene rings is 1. The fraction of sp³-hybridized carbons (Fsp3) is 0.296. The van der Waals surface area contributed by atoms with Crippen LogP contribution < -0.4 is 4.74 Å². The topological polar surface area (TPSA) is 79.7 Å². The number of likely N-dealkylation sites (tertiary alicyclic amines) is 1. The van der Waals surface area contributed by atoms with Crippen LogP contribution in [0.25, 0.3) is 5.76 Å². The van der Waals surface area contributed by atoms with E-state index in [0.717, 1.165) is 32.9 Å². The molecule has 4 rings (SSSR count). The normalized spacial score (nSPS) is 17.6. The van der Waals surface area contributed by atoms with Crippen LogP contribution in [0.2, 0.25) is 0 Å². The summed E-state index contributed by atoms with van der Waals surface area (Å²) in [5, 5.41) is 13.5. The monoisotopic (exact) mass is 476 g/mol. The molecule has 1 unspecified atom stereocenters. The number of ketones is 1. The fourth-order valence-corrected chi connectivity index (χ4v) is 5.44. The Kier molecular flexibility index (Phi) is 6.57. The van der Waals surface area contributed by atoms with Crippen molar-refractivity contribution >= 4 is 28.8 Å². The molecule has 2 aromatic heterocycles. The van der Waals surface area contributed by atoms with Gasteiger partial charge in [-0.05, 0) is 71.7 Å². The minimum atomic E-state index is -0.680. The molecule has 176 valence electrons. The van der Waals surface area contributed by atoms with Gasteiger partial charge in [0, 0.05) is 29.4 Å². The highest BCUT2D eigenvalue weighted by Gasteiger charge is 2.47. The molecule has 0 radical (unpaired) electrons. The molecule has 1 amide bonds. The third-order valence-electron chi connectivity index (χ3n) is 6.22. The Morgan fingerprint density at radius 3 is 2.56 bits per heavy atom. The van der Waals surface area contributed by atoms with E-state index >= 15 is 0 Å². The number of aromatic nitrogens is 1. The number of aryl methyl sites for hydroxylation is 2. The summed E-state index contributed by atoms with van der Waals surface area (Å²) in [7, 11) is 1.61. The molecule has 3 aromatic rings. The van der Waals surface area contributed by atoms with Gasteiger partial charge < -0.3 is 14.7 Å². The molecule has 1 aliphatic heterocycles. The highest BCUT2D eigenvalue weighted by Crippen LogP contribution is 2.44. The van der Waals surface area contributed by atoms with Crippen molar-refractivity contribution < 1.29 is 19.4 Å². The van der Waals surface area contributed by atoms with Crippen molar-refractivity contribution in [2.75, 3.05) is 7.11 Å². The van der Waals surface area contributed by atoms with Gasteiger partial charge in [-0.3, -0.25) is 14.6 Å². The van der Waals surface area contributed by atoms with Crippen molar-refractivity contribution in [1.82, 2.24) is 9.88 Å². The summed E-state index contributed by atoms with van der Waals surface area (Å²) in [6.45, 7) is 8.11. The molecule has 0 bridgehead atoms. The van der Waals surface area contributed by atoms with Crippen molar-refractivity contribution in [3.8, 4) is 5.75 Å². The maximum absolute atomic E-state index is 13.3. The zero-order chi connectivity index (χ0) is 24.6. The zero-order valence-electron chi connectivity index (χ0n) is 20.0. The lowest BCUT2D eigenvalue weighted by Crippen LogP contribution is -2.29. The summed E-state index contributed by atoms with van der Waals surface area (Å²) in [6.07, 6.45) is 3.34. The van der Waals surface area contributed by atoms with E-state index in [1.165, 1.54) is 16.2 Å². The van der Waals surface area contributed by atoms with Crippen LogP contribution in [-0.2, 0) is 16.1 Å². The fourth-order valence-electron chi connectivity index (χ4n) is 4.39. The number of methoxy groups -OCH3 is 1. The number of carbonyl (C=O) groups is 2. The van der Waals surface area contributed by atoms with Crippen molar-refractivity contribution in [3.63, 3.8) is 0 Å². The predicted octanol–water partition coefficient (Wildman–Crippen LogP) is 5.51. The van der Waals surface area contributed by atoms with Crippen molar-refractivity contribution in [1.29, 1.82) is 0 Å². The van der Waals surface area contributed by atoms with E-state index in [1.807, 2.05) is 57.3 Å². The van der Waals surface area contributed by atoms with Crippen LogP contribution >= 0.6 is 11.3 Å². The molecule has 0 spiro atoms. The second kappa shape index (κ2) is 9.43. The Balaban J connectivity index is 1.91. The molecular weight excluding hydrogens is 448 g/mol. The van der Waals surface area contributed by atoms with Gasteiger partial charge in [0.1, 0.15) is 17.6 Å². The number of aliphatic hydroxyl groups excluding tert-OH is 1. The van der Waals surface area contributed by atoms with Gasteiger partial charge in [0.15, 0.2) is 0 Å². The van der Waals surface area contributed by atoms with Gasteiger partial charge in [-0.1, -0.05) is 19.9 Å². The molecule has 1 aromatic carbocycles. The minimum Gasteiger partial charge on any atom is -0.507 e. The molecular formula is C27H28N2O4S. The number of carbonyl (C=O) groups excluding carboxylic acids is 2. The number of Topliss-reactive ketones (excluding diaryl/α,β-unsaturated/α-hetero) is 1. The van der Waals surface area contributed by atoms with Gasteiger partial charge in [-0.25, -0.2) is 0 Å². The van der Waals surface area contributed by atoms with Gasteiger partial charge in [-0.2, -0.15) is 0 Å². The molecule has 0 saturated carbocycles. The van der Waals surface area contributed by atoms with E-state index in [0.29, 0.717) is 5.56 Å². The van der Waals surface area contributed by atoms with Crippen LogP contribution in [-0.4, -0.2) is 33.8 Å². The lowest BCUT2D eigenvalue weighted by atomic mass is 9.92. The average molecular weight is 477 g/mol. The predicted molar refractivity (Wildman–Crippen MR) is 133 cm³/mol. The molecule has 0 aliphatic carbocycles. The number of ether oxygens (including phenoxy) is 1. The highest BCUT2D eigenvalue weighted by atomic mass is 32.1. The Labute approximate surface area is 203 Å². The standard InChI is InChI=1S/C27H28N2O4S/c1-15(2)19-12-20(17(4)11-21(19)33-5)24(30)22-23(26-16(3)8-10-34-26)29(27(32)25(22)31)14-18-7-6-9-28-13-18/h6-13,15,23,30H,14H2,1-5H3/b24-22+. The quantitative estimate of drug-likeness (QED) is 0.288. The summed E-state index contributed by atoms with van der Waals surface area (Å²) >= 11 is 1.47. The van der Waals surface area contributed by atoms with E-state index < -0.39 is 17.7 Å². The largest absolute Gasteiger partial charge is 0.507 e. The number of amides is 1. The Bertz CT molecular complexity index is 1280. The summed E-state index contributed by atoms with van der Waals surface area (Å²) < 4.78 is 5.53. The minimum absolute atomic E-state index is 0.113. The summed E-state index contributed by atoms with van der Waals surface area (Å²) in [6, 6.07) is 8.67. The zero-order valence-corrected chi connectivity index (χ0v) is 20.8.